The first kappa shape index (κ1) is 12.9. The van der Waals surface area contributed by atoms with Crippen LogP contribution in [0.5, 0.6) is 0 Å². The molecule has 0 amide bonds. The van der Waals surface area contributed by atoms with E-state index in [9.17, 15) is 0 Å². The van der Waals surface area contributed by atoms with Crippen LogP contribution in [0, 0.1) is 13.8 Å². The Hall–Kier alpha value is -1.08. The number of halogens is 1. The summed E-state index contributed by atoms with van der Waals surface area (Å²) in [5.41, 5.74) is 8.54. The molecule has 2 aromatic carbocycles. The second-order valence-corrected chi connectivity index (χ2v) is 6.52. The standard InChI is InChI=1S/C18H19Br/c1-12-6-7-13(2)17(10-12)18(19)16-9-8-14-4-3-5-15(14)11-16/h6-11,18H,3-5H2,1-2H3. The van der Waals surface area contributed by atoms with E-state index in [4.69, 9.17) is 0 Å². The third kappa shape index (κ3) is 2.49. The fourth-order valence-corrected chi connectivity index (χ4v) is 3.74. The highest BCUT2D eigenvalue weighted by molar-refractivity contribution is 9.09. The summed E-state index contributed by atoms with van der Waals surface area (Å²) in [5, 5.41) is 0. The molecule has 1 unspecified atom stereocenters. The van der Waals surface area contributed by atoms with Gasteiger partial charge in [-0.05, 0) is 60.9 Å². The molecule has 0 saturated carbocycles. The first-order chi connectivity index (χ1) is 9.15. The molecule has 1 atom stereocenters. The van der Waals surface area contributed by atoms with E-state index in [0.717, 1.165) is 0 Å². The predicted octanol–water partition coefficient (Wildman–Crippen LogP) is 5.28. The van der Waals surface area contributed by atoms with Crippen molar-refractivity contribution in [3.8, 4) is 0 Å². The van der Waals surface area contributed by atoms with Gasteiger partial charge in [-0.3, -0.25) is 0 Å². The molecule has 2 aromatic rings. The molecule has 0 aromatic heterocycles. The normalized spacial score (nSPS) is 15.3. The second-order valence-electron chi connectivity index (χ2n) is 5.60. The zero-order chi connectivity index (χ0) is 13.4. The van der Waals surface area contributed by atoms with Gasteiger partial charge < -0.3 is 0 Å². The Morgan fingerprint density at radius 2 is 1.74 bits per heavy atom. The molecular formula is C18H19Br. The molecule has 0 N–H and O–H groups in total. The van der Waals surface area contributed by atoms with Crippen molar-refractivity contribution in [2.45, 2.75) is 37.9 Å². The van der Waals surface area contributed by atoms with E-state index in [1.165, 1.54) is 41.5 Å². The maximum atomic E-state index is 3.89. The topological polar surface area (TPSA) is 0 Å². The summed E-state index contributed by atoms with van der Waals surface area (Å²) >= 11 is 3.89. The predicted molar refractivity (Wildman–Crippen MR) is 85.2 cm³/mol. The van der Waals surface area contributed by atoms with E-state index >= 15 is 0 Å². The molecule has 19 heavy (non-hydrogen) atoms. The lowest BCUT2D eigenvalue weighted by molar-refractivity contribution is 0.911. The molecule has 3 rings (SSSR count). The van der Waals surface area contributed by atoms with Gasteiger partial charge in [-0.25, -0.2) is 0 Å². The molecule has 0 aliphatic heterocycles. The number of hydrogen-bond donors (Lipinski definition) is 0. The van der Waals surface area contributed by atoms with Crippen molar-refractivity contribution in [1.82, 2.24) is 0 Å². The quantitative estimate of drug-likeness (QED) is 0.662. The summed E-state index contributed by atoms with van der Waals surface area (Å²) in [7, 11) is 0. The average molecular weight is 315 g/mol. The lowest BCUT2D eigenvalue weighted by Crippen LogP contribution is -1.98. The Morgan fingerprint density at radius 1 is 0.947 bits per heavy atom. The molecule has 98 valence electrons. The highest BCUT2D eigenvalue weighted by Gasteiger charge is 2.16. The molecule has 1 aliphatic carbocycles. The molecule has 0 spiro atoms. The van der Waals surface area contributed by atoms with Crippen LogP contribution in [0.1, 0.15) is 44.6 Å². The van der Waals surface area contributed by atoms with Gasteiger partial charge in [0.25, 0.3) is 0 Å². The molecule has 0 saturated heterocycles. The van der Waals surface area contributed by atoms with Crippen LogP contribution in [0.25, 0.3) is 0 Å². The van der Waals surface area contributed by atoms with E-state index in [-0.39, 0.29) is 0 Å². The van der Waals surface area contributed by atoms with Crippen molar-refractivity contribution in [3.63, 3.8) is 0 Å². The van der Waals surface area contributed by atoms with Crippen LogP contribution in [0.3, 0.4) is 0 Å². The molecule has 0 nitrogen and oxygen atoms in total. The Morgan fingerprint density at radius 3 is 2.58 bits per heavy atom. The minimum Gasteiger partial charge on any atom is -0.0786 e. The zero-order valence-electron chi connectivity index (χ0n) is 11.5. The van der Waals surface area contributed by atoms with Crippen LogP contribution in [-0.2, 0) is 12.8 Å². The summed E-state index contributed by atoms with van der Waals surface area (Å²) in [6.07, 6.45) is 3.82. The van der Waals surface area contributed by atoms with Gasteiger partial charge in [0.2, 0.25) is 0 Å². The van der Waals surface area contributed by atoms with Crippen molar-refractivity contribution >= 4 is 15.9 Å². The van der Waals surface area contributed by atoms with Gasteiger partial charge in [0.05, 0.1) is 4.83 Å². The summed E-state index contributed by atoms with van der Waals surface area (Å²) < 4.78 is 0. The Bertz CT molecular complexity index is 613. The Balaban J connectivity index is 1.99. The van der Waals surface area contributed by atoms with Gasteiger partial charge in [-0.2, -0.15) is 0 Å². The lowest BCUT2D eigenvalue weighted by Gasteiger charge is -2.15. The molecule has 1 aliphatic rings. The highest BCUT2D eigenvalue weighted by Crippen LogP contribution is 2.35. The number of fused-ring (bicyclic) bond motifs is 1. The van der Waals surface area contributed by atoms with Crippen molar-refractivity contribution in [2.75, 3.05) is 0 Å². The van der Waals surface area contributed by atoms with Crippen LogP contribution in [-0.4, -0.2) is 0 Å². The van der Waals surface area contributed by atoms with E-state index < -0.39 is 0 Å². The first-order valence-electron chi connectivity index (χ1n) is 6.98. The van der Waals surface area contributed by atoms with Crippen molar-refractivity contribution in [1.29, 1.82) is 0 Å². The fraction of sp³-hybridized carbons (Fsp3) is 0.333. The van der Waals surface area contributed by atoms with Gasteiger partial charge in [-0.15, -0.1) is 0 Å². The van der Waals surface area contributed by atoms with E-state index in [2.05, 4.69) is 66.2 Å². The maximum absolute atomic E-state index is 3.89. The van der Waals surface area contributed by atoms with Gasteiger partial charge in [0.1, 0.15) is 0 Å². The average Bonchev–Trinajstić information content (AvgIpc) is 2.88. The van der Waals surface area contributed by atoms with Gasteiger partial charge in [0, 0.05) is 0 Å². The van der Waals surface area contributed by atoms with Gasteiger partial charge in [-0.1, -0.05) is 57.9 Å². The fourth-order valence-electron chi connectivity index (χ4n) is 2.96. The van der Waals surface area contributed by atoms with Gasteiger partial charge in [0.15, 0.2) is 0 Å². The van der Waals surface area contributed by atoms with Crippen LogP contribution >= 0.6 is 15.9 Å². The minimum atomic E-state index is 0.304. The van der Waals surface area contributed by atoms with E-state index in [1.54, 1.807) is 11.1 Å². The number of hydrogen-bond acceptors (Lipinski definition) is 0. The summed E-state index contributed by atoms with van der Waals surface area (Å²) in [6.45, 7) is 4.35. The molecule has 0 bridgehead atoms. The third-order valence-electron chi connectivity index (χ3n) is 4.12. The van der Waals surface area contributed by atoms with Crippen molar-refractivity contribution in [3.05, 3.63) is 69.8 Å². The molecule has 0 radical (unpaired) electrons. The summed E-state index contributed by atoms with van der Waals surface area (Å²) in [5.74, 6) is 0. The lowest BCUT2D eigenvalue weighted by atomic mass is 9.96. The van der Waals surface area contributed by atoms with Crippen LogP contribution in [0.4, 0.5) is 0 Å². The smallest absolute Gasteiger partial charge is 0.0647 e. The SMILES string of the molecule is Cc1ccc(C)c(C(Br)c2ccc3c(c2)CCC3)c1. The number of aryl methyl sites for hydroxylation is 4. The molecule has 0 fully saturated rings. The summed E-state index contributed by atoms with van der Waals surface area (Å²) in [4.78, 5) is 0.304. The molecule has 1 heteroatoms. The largest absolute Gasteiger partial charge is 0.0786 e. The Labute approximate surface area is 124 Å². The number of alkyl halides is 1. The van der Waals surface area contributed by atoms with Gasteiger partial charge >= 0.3 is 0 Å². The van der Waals surface area contributed by atoms with Crippen molar-refractivity contribution in [2.24, 2.45) is 0 Å². The first-order valence-corrected chi connectivity index (χ1v) is 7.89. The van der Waals surface area contributed by atoms with Crippen LogP contribution < -0.4 is 0 Å². The Kier molecular flexibility index (Phi) is 3.49. The minimum absolute atomic E-state index is 0.304. The van der Waals surface area contributed by atoms with E-state index in [1.807, 2.05) is 0 Å². The monoisotopic (exact) mass is 314 g/mol. The zero-order valence-corrected chi connectivity index (χ0v) is 13.1. The number of rotatable bonds is 2. The number of benzene rings is 2. The van der Waals surface area contributed by atoms with Crippen molar-refractivity contribution < 1.29 is 0 Å². The maximum Gasteiger partial charge on any atom is 0.0647 e. The molecular weight excluding hydrogens is 296 g/mol. The summed E-state index contributed by atoms with van der Waals surface area (Å²) in [6, 6.07) is 13.7. The highest BCUT2D eigenvalue weighted by atomic mass is 79.9. The van der Waals surface area contributed by atoms with Crippen LogP contribution in [0.15, 0.2) is 36.4 Å². The second kappa shape index (κ2) is 5.13. The third-order valence-corrected chi connectivity index (χ3v) is 5.14. The van der Waals surface area contributed by atoms with Crippen LogP contribution in [0.2, 0.25) is 0 Å². The van der Waals surface area contributed by atoms with E-state index in [0.29, 0.717) is 4.83 Å². The molecule has 0 heterocycles.